The van der Waals surface area contributed by atoms with E-state index in [0.717, 1.165) is 12.0 Å². The molecule has 2 atom stereocenters. The molecule has 1 aliphatic rings. The second kappa shape index (κ2) is 7.99. The van der Waals surface area contributed by atoms with Gasteiger partial charge in [0.2, 0.25) is 0 Å². The van der Waals surface area contributed by atoms with E-state index in [2.05, 4.69) is 0 Å². The number of hydrogen-bond acceptors (Lipinski definition) is 5. The normalized spacial score (nSPS) is 22.4. The SMILES string of the molecule is O=C(COC[C@H]1OCCC[C@@H]1O)OCc1ccccc1. The maximum absolute atomic E-state index is 11.5. The van der Waals surface area contributed by atoms with Crippen molar-refractivity contribution in [1.29, 1.82) is 0 Å². The molecule has 1 aromatic carbocycles. The zero-order valence-corrected chi connectivity index (χ0v) is 11.4. The number of aliphatic hydroxyl groups is 1. The van der Waals surface area contributed by atoms with E-state index in [9.17, 15) is 9.90 Å². The molecule has 1 saturated heterocycles. The Labute approximate surface area is 118 Å². The molecule has 110 valence electrons. The van der Waals surface area contributed by atoms with Crippen molar-refractivity contribution in [2.24, 2.45) is 0 Å². The van der Waals surface area contributed by atoms with E-state index >= 15 is 0 Å². The van der Waals surface area contributed by atoms with Crippen LogP contribution in [0.3, 0.4) is 0 Å². The minimum atomic E-state index is -0.510. The van der Waals surface area contributed by atoms with Gasteiger partial charge < -0.3 is 19.3 Å². The first-order valence-electron chi connectivity index (χ1n) is 6.82. The first-order chi connectivity index (χ1) is 9.75. The summed E-state index contributed by atoms with van der Waals surface area (Å²) in [5.74, 6) is -0.417. The molecule has 1 aliphatic heterocycles. The Morgan fingerprint density at radius 3 is 2.90 bits per heavy atom. The van der Waals surface area contributed by atoms with Crippen molar-refractivity contribution in [3.8, 4) is 0 Å². The molecule has 1 heterocycles. The van der Waals surface area contributed by atoms with Gasteiger partial charge in [-0.3, -0.25) is 0 Å². The number of carbonyl (C=O) groups excluding carboxylic acids is 1. The van der Waals surface area contributed by atoms with Gasteiger partial charge in [-0.1, -0.05) is 30.3 Å². The van der Waals surface area contributed by atoms with E-state index in [-0.39, 0.29) is 25.9 Å². The summed E-state index contributed by atoms with van der Waals surface area (Å²) in [5, 5.41) is 9.67. The van der Waals surface area contributed by atoms with Crippen molar-refractivity contribution in [2.75, 3.05) is 19.8 Å². The third-order valence-electron chi connectivity index (χ3n) is 3.15. The van der Waals surface area contributed by atoms with Gasteiger partial charge in [0.1, 0.15) is 19.3 Å². The van der Waals surface area contributed by atoms with Crippen LogP contribution in [0.4, 0.5) is 0 Å². The predicted molar refractivity (Wildman–Crippen MR) is 72.0 cm³/mol. The largest absolute Gasteiger partial charge is 0.459 e. The third kappa shape index (κ3) is 4.92. The molecule has 0 aromatic heterocycles. The lowest BCUT2D eigenvalue weighted by Crippen LogP contribution is -2.38. The Balaban J connectivity index is 1.60. The van der Waals surface area contributed by atoms with Crippen LogP contribution >= 0.6 is 0 Å². The summed E-state index contributed by atoms with van der Waals surface area (Å²) in [5.41, 5.74) is 0.937. The fourth-order valence-electron chi connectivity index (χ4n) is 2.02. The third-order valence-corrected chi connectivity index (χ3v) is 3.15. The molecule has 5 nitrogen and oxygen atoms in total. The standard InChI is InChI=1S/C15H20O5/c16-13-7-4-8-19-14(13)10-18-11-15(17)20-9-12-5-2-1-3-6-12/h1-3,5-6,13-14,16H,4,7-11H2/t13-,14+/m0/s1. The van der Waals surface area contributed by atoms with Gasteiger partial charge in [0.05, 0.1) is 12.7 Å². The molecule has 0 amide bonds. The average molecular weight is 280 g/mol. The van der Waals surface area contributed by atoms with Gasteiger partial charge in [0.25, 0.3) is 0 Å². The Kier molecular flexibility index (Phi) is 5.98. The minimum Gasteiger partial charge on any atom is -0.459 e. The van der Waals surface area contributed by atoms with Crippen molar-refractivity contribution >= 4 is 5.97 Å². The number of aliphatic hydroxyl groups excluding tert-OH is 1. The van der Waals surface area contributed by atoms with Crippen molar-refractivity contribution in [3.63, 3.8) is 0 Å². The Morgan fingerprint density at radius 1 is 1.35 bits per heavy atom. The summed E-state index contributed by atoms with van der Waals surface area (Å²) in [7, 11) is 0. The van der Waals surface area contributed by atoms with Gasteiger partial charge in [0.15, 0.2) is 0 Å². The smallest absolute Gasteiger partial charge is 0.332 e. The number of hydrogen-bond donors (Lipinski definition) is 1. The molecule has 20 heavy (non-hydrogen) atoms. The average Bonchev–Trinajstić information content (AvgIpc) is 2.48. The highest BCUT2D eigenvalue weighted by molar-refractivity contribution is 5.70. The highest BCUT2D eigenvalue weighted by atomic mass is 16.6. The minimum absolute atomic E-state index is 0.126. The van der Waals surface area contributed by atoms with Crippen molar-refractivity contribution in [1.82, 2.24) is 0 Å². The molecule has 1 aromatic rings. The Bertz CT molecular complexity index is 406. The fraction of sp³-hybridized carbons (Fsp3) is 0.533. The molecule has 1 fully saturated rings. The predicted octanol–water partition coefficient (Wildman–Crippen LogP) is 1.29. The van der Waals surface area contributed by atoms with E-state index in [1.165, 1.54) is 0 Å². The lowest BCUT2D eigenvalue weighted by Gasteiger charge is -2.27. The van der Waals surface area contributed by atoms with Crippen molar-refractivity contribution in [2.45, 2.75) is 31.7 Å². The molecule has 0 spiro atoms. The van der Waals surface area contributed by atoms with Crippen LogP contribution in [0.25, 0.3) is 0 Å². The first-order valence-corrected chi connectivity index (χ1v) is 6.82. The van der Waals surface area contributed by atoms with Crippen molar-refractivity contribution < 1.29 is 24.1 Å². The molecule has 1 N–H and O–H groups in total. The topological polar surface area (TPSA) is 65.0 Å². The molecular formula is C15H20O5. The van der Waals surface area contributed by atoms with Gasteiger partial charge in [-0.25, -0.2) is 4.79 Å². The van der Waals surface area contributed by atoms with Gasteiger partial charge in [-0.2, -0.15) is 0 Å². The lowest BCUT2D eigenvalue weighted by atomic mass is 10.1. The molecule has 0 saturated carbocycles. The summed E-state index contributed by atoms with van der Waals surface area (Å²) >= 11 is 0. The number of carbonyl (C=O) groups is 1. The quantitative estimate of drug-likeness (QED) is 0.795. The van der Waals surface area contributed by atoms with Crippen LogP contribution < -0.4 is 0 Å². The number of rotatable bonds is 6. The van der Waals surface area contributed by atoms with E-state index in [1.807, 2.05) is 30.3 Å². The van der Waals surface area contributed by atoms with Gasteiger partial charge >= 0.3 is 5.97 Å². The summed E-state index contributed by atoms with van der Waals surface area (Å²) in [6, 6.07) is 9.47. The highest BCUT2D eigenvalue weighted by Crippen LogP contribution is 2.13. The molecule has 0 bridgehead atoms. The van der Waals surface area contributed by atoms with E-state index < -0.39 is 12.1 Å². The first kappa shape index (κ1) is 15.0. The lowest BCUT2D eigenvalue weighted by molar-refractivity contribution is -0.155. The van der Waals surface area contributed by atoms with Crippen LogP contribution in [0.1, 0.15) is 18.4 Å². The van der Waals surface area contributed by atoms with E-state index in [4.69, 9.17) is 14.2 Å². The van der Waals surface area contributed by atoms with Crippen LogP contribution in [0.5, 0.6) is 0 Å². The summed E-state index contributed by atoms with van der Waals surface area (Å²) < 4.78 is 15.7. The van der Waals surface area contributed by atoms with Crippen LogP contribution in [0.15, 0.2) is 30.3 Å². The monoisotopic (exact) mass is 280 g/mol. The number of esters is 1. The molecule has 0 aliphatic carbocycles. The van der Waals surface area contributed by atoms with E-state index in [1.54, 1.807) is 0 Å². The second-order valence-corrected chi connectivity index (χ2v) is 4.78. The fourth-order valence-corrected chi connectivity index (χ4v) is 2.02. The highest BCUT2D eigenvalue weighted by Gasteiger charge is 2.24. The van der Waals surface area contributed by atoms with Gasteiger partial charge in [-0.05, 0) is 18.4 Å². The zero-order valence-electron chi connectivity index (χ0n) is 11.4. The van der Waals surface area contributed by atoms with E-state index in [0.29, 0.717) is 13.0 Å². The van der Waals surface area contributed by atoms with Crippen LogP contribution in [0.2, 0.25) is 0 Å². The molecule has 2 rings (SSSR count). The molecule has 5 heteroatoms. The summed E-state index contributed by atoms with van der Waals surface area (Å²) in [6.45, 7) is 0.955. The Hall–Kier alpha value is -1.43. The van der Waals surface area contributed by atoms with Gasteiger partial charge in [-0.15, -0.1) is 0 Å². The second-order valence-electron chi connectivity index (χ2n) is 4.78. The van der Waals surface area contributed by atoms with Crippen molar-refractivity contribution in [3.05, 3.63) is 35.9 Å². The van der Waals surface area contributed by atoms with Gasteiger partial charge in [0, 0.05) is 6.61 Å². The zero-order chi connectivity index (χ0) is 14.2. The molecular weight excluding hydrogens is 260 g/mol. The summed E-state index contributed by atoms with van der Waals surface area (Å²) in [6.07, 6.45) is 0.721. The van der Waals surface area contributed by atoms with Crippen LogP contribution in [0, 0.1) is 0 Å². The Morgan fingerprint density at radius 2 is 2.15 bits per heavy atom. The number of benzene rings is 1. The van der Waals surface area contributed by atoms with Crippen LogP contribution in [-0.4, -0.2) is 43.1 Å². The van der Waals surface area contributed by atoms with Crippen LogP contribution in [-0.2, 0) is 25.6 Å². The summed E-state index contributed by atoms with van der Waals surface area (Å²) in [4.78, 5) is 11.5. The number of ether oxygens (including phenoxy) is 3. The maximum atomic E-state index is 11.5. The molecule has 0 unspecified atom stereocenters. The molecule has 0 radical (unpaired) electrons. The maximum Gasteiger partial charge on any atom is 0.332 e.